The first-order chi connectivity index (χ1) is 10.0. The van der Waals surface area contributed by atoms with Crippen molar-refractivity contribution in [1.29, 1.82) is 0 Å². The third kappa shape index (κ3) is 3.90. The average Bonchev–Trinajstić information content (AvgIpc) is 2.47. The highest BCUT2D eigenvalue weighted by Crippen LogP contribution is 2.30. The summed E-state index contributed by atoms with van der Waals surface area (Å²) in [6.07, 6.45) is 5.58. The van der Waals surface area contributed by atoms with E-state index in [1.165, 1.54) is 6.42 Å². The minimum absolute atomic E-state index is 0.0487. The smallest absolute Gasteiger partial charge is 0.340 e. The summed E-state index contributed by atoms with van der Waals surface area (Å²) in [5, 5.41) is 0. The number of ether oxygens (including phenoxy) is 1. The zero-order valence-electron chi connectivity index (χ0n) is 13.3. The van der Waals surface area contributed by atoms with Gasteiger partial charge in [-0.25, -0.2) is 4.79 Å². The minimum Gasteiger partial charge on any atom is -0.459 e. The van der Waals surface area contributed by atoms with E-state index in [0.717, 1.165) is 31.4 Å². The van der Waals surface area contributed by atoms with Gasteiger partial charge in [0.1, 0.15) is 6.10 Å². The molecule has 1 aromatic carbocycles. The van der Waals surface area contributed by atoms with E-state index in [4.69, 9.17) is 10.5 Å². The summed E-state index contributed by atoms with van der Waals surface area (Å²) in [5.74, 6) is 0.429. The SMILES string of the molecule is CCC1CCCC(OC(=O)c2cc(N)ccc2N(C)C)C1. The fourth-order valence-electron chi connectivity index (χ4n) is 3.04. The molecule has 0 saturated heterocycles. The minimum atomic E-state index is -0.257. The molecule has 4 nitrogen and oxygen atoms in total. The standard InChI is InChI=1S/C17H26N2O2/c1-4-12-6-5-7-14(10-12)21-17(20)15-11-13(18)8-9-16(15)19(2)3/h8-9,11-12,14H,4-7,10,18H2,1-3H3. The first kappa shape index (κ1) is 15.7. The molecule has 116 valence electrons. The van der Waals surface area contributed by atoms with Crippen molar-refractivity contribution in [2.75, 3.05) is 24.7 Å². The number of hydrogen-bond acceptors (Lipinski definition) is 4. The Kier molecular flexibility index (Phi) is 5.10. The second-order valence-corrected chi connectivity index (χ2v) is 6.14. The van der Waals surface area contributed by atoms with E-state index < -0.39 is 0 Å². The van der Waals surface area contributed by atoms with Crippen LogP contribution in [0.1, 0.15) is 49.4 Å². The number of carbonyl (C=O) groups excluding carboxylic acids is 1. The largest absolute Gasteiger partial charge is 0.459 e. The van der Waals surface area contributed by atoms with E-state index in [-0.39, 0.29) is 12.1 Å². The van der Waals surface area contributed by atoms with E-state index in [0.29, 0.717) is 17.2 Å². The fraction of sp³-hybridized carbons (Fsp3) is 0.588. The first-order valence-electron chi connectivity index (χ1n) is 7.79. The number of benzene rings is 1. The summed E-state index contributed by atoms with van der Waals surface area (Å²) in [6, 6.07) is 5.37. The number of nitrogens with zero attached hydrogens (tertiary/aromatic N) is 1. The van der Waals surface area contributed by atoms with Gasteiger partial charge in [-0.2, -0.15) is 0 Å². The number of esters is 1. The molecule has 2 N–H and O–H groups in total. The van der Waals surface area contributed by atoms with Gasteiger partial charge in [-0.3, -0.25) is 0 Å². The van der Waals surface area contributed by atoms with Gasteiger partial charge in [-0.05, 0) is 43.4 Å². The predicted molar refractivity (Wildman–Crippen MR) is 86.6 cm³/mol. The van der Waals surface area contributed by atoms with Crippen molar-refractivity contribution in [3.8, 4) is 0 Å². The Morgan fingerprint density at radius 3 is 2.81 bits per heavy atom. The number of hydrogen-bond donors (Lipinski definition) is 1. The van der Waals surface area contributed by atoms with Crippen LogP contribution in [0.4, 0.5) is 11.4 Å². The van der Waals surface area contributed by atoms with Gasteiger partial charge in [0.15, 0.2) is 0 Å². The number of nitrogen functional groups attached to an aromatic ring is 1. The van der Waals surface area contributed by atoms with E-state index in [1.54, 1.807) is 12.1 Å². The van der Waals surface area contributed by atoms with E-state index in [1.807, 2.05) is 25.1 Å². The number of carbonyl (C=O) groups is 1. The summed E-state index contributed by atoms with van der Waals surface area (Å²) < 4.78 is 5.73. The van der Waals surface area contributed by atoms with Crippen LogP contribution in [0, 0.1) is 5.92 Å². The maximum atomic E-state index is 12.5. The molecule has 1 saturated carbocycles. The van der Waals surface area contributed by atoms with Crippen molar-refractivity contribution in [2.45, 2.75) is 45.1 Å². The monoisotopic (exact) mass is 290 g/mol. The van der Waals surface area contributed by atoms with E-state index in [2.05, 4.69) is 6.92 Å². The lowest BCUT2D eigenvalue weighted by molar-refractivity contribution is 0.0141. The molecule has 0 spiro atoms. The van der Waals surface area contributed by atoms with Crippen LogP contribution in [0.3, 0.4) is 0 Å². The normalized spacial score (nSPS) is 21.9. The second-order valence-electron chi connectivity index (χ2n) is 6.14. The predicted octanol–water partition coefficient (Wildman–Crippen LogP) is 3.46. The van der Waals surface area contributed by atoms with Crippen molar-refractivity contribution in [3.05, 3.63) is 23.8 Å². The summed E-state index contributed by atoms with van der Waals surface area (Å²) in [6.45, 7) is 2.21. The van der Waals surface area contributed by atoms with Gasteiger partial charge in [0.25, 0.3) is 0 Å². The fourth-order valence-corrected chi connectivity index (χ4v) is 3.04. The molecular formula is C17H26N2O2. The van der Waals surface area contributed by atoms with Crippen LogP contribution >= 0.6 is 0 Å². The Hall–Kier alpha value is -1.71. The average molecular weight is 290 g/mol. The van der Waals surface area contributed by atoms with E-state index in [9.17, 15) is 4.79 Å². The van der Waals surface area contributed by atoms with Gasteiger partial charge in [-0.15, -0.1) is 0 Å². The van der Waals surface area contributed by atoms with Crippen LogP contribution in [0.5, 0.6) is 0 Å². The molecule has 0 heterocycles. The number of anilines is 2. The van der Waals surface area contributed by atoms with Gasteiger partial charge in [0.2, 0.25) is 0 Å². The Bertz CT molecular complexity index is 500. The Labute approximate surface area is 127 Å². The molecule has 1 aliphatic carbocycles. The molecule has 1 aromatic rings. The second kappa shape index (κ2) is 6.83. The quantitative estimate of drug-likeness (QED) is 0.681. The highest BCUT2D eigenvalue weighted by molar-refractivity contribution is 5.97. The maximum Gasteiger partial charge on any atom is 0.340 e. The van der Waals surface area contributed by atoms with Crippen LogP contribution in [-0.2, 0) is 4.74 Å². The van der Waals surface area contributed by atoms with Crippen molar-refractivity contribution < 1.29 is 9.53 Å². The van der Waals surface area contributed by atoms with Gasteiger partial charge < -0.3 is 15.4 Å². The van der Waals surface area contributed by atoms with Crippen LogP contribution in [0.2, 0.25) is 0 Å². The summed E-state index contributed by atoms with van der Waals surface area (Å²) >= 11 is 0. The van der Waals surface area contributed by atoms with Crippen LogP contribution in [0.15, 0.2) is 18.2 Å². The Balaban J connectivity index is 2.11. The van der Waals surface area contributed by atoms with Gasteiger partial charge in [0, 0.05) is 19.8 Å². The highest BCUT2D eigenvalue weighted by atomic mass is 16.5. The molecule has 2 unspecified atom stereocenters. The molecule has 0 amide bonds. The molecular weight excluding hydrogens is 264 g/mol. The molecule has 0 bridgehead atoms. The maximum absolute atomic E-state index is 12.5. The lowest BCUT2D eigenvalue weighted by atomic mass is 9.85. The van der Waals surface area contributed by atoms with Crippen molar-refractivity contribution >= 4 is 17.3 Å². The lowest BCUT2D eigenvalue weighted by Crippen LogP contribution is -2.26. The zero-order valence-corrected chi connectivity index (χ0v) is 13.3. The molecule has 1 aliphatic rings. The molecule has 0 aliphatic heterocycles. The molecule has 2 rings (SSSR count). The molecule has 0 aromatic heterocycles. The lowest BCUT2D eigenvalue weighted by Gasteiger charge is -2.28. The highest BCUT2D eigenvalue weighted by Gasteiger charge is 2.25. The summed E-state index contributed by atoms with van der Waals surface area (Å²) in [4.78, 5) is 14.4. The molecule has 0 radical (unpaired) electrons. The number of nitrogens with two attached hydrogens (primary N) is 1. The van der Waals surface area contributed by atoms with Crippen molar-refractivity contribution in [1.82, 2.24) is 0 Å². The molecule has 2 atom stereocenters. The van der Waals surface area contributed by atoms with Gasteiger partial charge in [-0.1, -0.05) is 19.8 Å². The Morgan fingerprint density at radius 1 is 1.38 bits per heavy atom. The summed E-state index contributed by atoms with van der Waals surface area (Å²) in [5.41, 5.74) is 7.80. The van der Waals surface area contributed by atoms with Crippen molar-refractivity contribution in [3.63, 3.8) is 0 Å². The molecule has 4 heteroatoms. The topological polar surface area (TPSA) is 55.6 Å². The summed E-state index contributed by atoms with van der Waals surface area (Å²) in [7, 11) is 3.83. The third-order valence-electron chi connectivity index (χ3n) is 4.31. The number of rotatable bonds is 4. The van der Waals surface area contributed by atoms with E-state index >= 15 is 0 Å². The van der Waals surface area contributed by atoms with Crippen LogP contribution < -0.4 is 10.6 Å². The first-order valence-corrected chi connectivity index (χ1v) is 7.79. The molecule has 21 heavy (non-hydrogen) atoms. The van der Waals surface area contributed by atoms with Gasteiger partial charge in [0.05, 0.1) is 11.3 Å². The zero-order chi connectivity index (χ0) is 15.4. The van der Waals surface area contributed by atoms with Gasteiger partial charge >= 0.3 is 5.97 Å². The third-order valence-corrected chi connectivity index (χ3v) is 4.31. The van der Waals surface area contributed by atoms with Crippen molar-refractivity contribution in [2.24, 2.45) is 5.92 Å². The van der Waals surface area contributed by atoms with Crippen LogP contribution in [0.25, 0.3) is 0 Å². The van der Waals surface area contributed by atoms with Crippen LogP contribution in [-0.4, -0.2) is 26.2 Å². The molecule has 1 fully saturated rings. The Morgan fingerprint density at radius 2 is 2.14 bits per heavy atom.